The zero-order valence-electron chi connectivity index (χ0n) is 8.40. The summed E-state index contributed by atoms with van der Waals surface area (Å²) in [6, 6.07) is 4.69. The topological polar surface area (TPSA) is 40.5 Å². The molecule has 1 aliphatic heterocycles. The molecule has 1 aromatic rings. The Morgan fingerprint density at radius 3 is 3.00 bits per heavy atom. The highest BCUT2D eigenvalue weighted by molar-refractivity contribution is 5.83. The lowest BCUT2D eigenvalue weighted by molar-refractivity contribution is -0.138. The zero-order chi connectivity index (χ0) is 11.0. The van der Waals surface area contributed by atoms with E-state index >= 15 is 0 Å². The van der Waals surface area contributed by atoms with Gasteiger partial charge in [0, 0.05) is 24.3 Å². The van der Waals surface area contributed by atoms with Crippen LogP contribution in [0.1, 0.15) is 18.4 Å². The zero-order valence-corrected chi connectivity index (χ0v) is 8.40. The first-order chi connectivity index (χ1) is 7.15. The van der Waals surface area contributed by atoms with Gasteiger partial charge in [-0.15, -0.1) is 0 Å². The van der Waals surface area contributed by atoms with Crippen LogP contribution in [0.15, 0.2) is 18.2 Å². The molecule has 80 valence electrons. The SMILES string of the molecule is CCN1CC(C(=O)O)c2c(F)cccc21. The van der Waals surface area contributed by atoms with Gasteiger partial charge in [0.1, 0.15) is 11.7 Å². The number of nitrogens with zero attached hydrogens (tertiary/aromatic N) is 1. The van der Waals surface area contributed by atoms with Crippen molar-refractivity contribution in [2.24, 2.45) is 0 Å². The highest BCUT2D eigenvalue weighted by Crippen LogP contribution is 2.37. The predicted octanol–water partition coefficient (Wildman–Crippen LogP) is 1.83. The number of carboxylic acid groups (broad SMARTS) is 1. The van der Waals surface area contributed by atoms with Crippen molar-refractivity contribution in [2.75, 3.05) is 18.0 Å². The summed E-state index contributed by atoms with van der Waals surface area (Å²) < 4.78 is 13.5. The summed E-state index contributed by atoms with van der Waals surface area (Å²) in [6.45, 7) is 2.99. The normalized spacial score (nSPS) is 19.1. The van der Waals surface area contributed by atoms with E-state index in [9.17, 15) is 9.18 Å². The third kappa shape index (κ3) is 1.46. The maximum atomic E-state index is 13.5. The number of carbonyl (C=O) groups is 1. The first-order valence-corrected chi connectivity index (χ1v) is 4.91. The Morgan fingerprint density at radius 2 is 2.40 bits per heavy atom. The van der Waals surface area contributed by atoms with Gasteiger partial charge in [-0.1, -0.05) is 6.07 Å². The van der Waals surface area contributed by atoms with E-state index in [0.717, 1.165) is 0 Å². The third-order valence-corrected chi connectivity index (χ3v) is 2.80. The fourth-order valence-corrected chi connectivity index (χ4v) is 2.06. The molecule has 0 saturated heterocycles. The summed E-state index contributed by atoms with van der Waals surface area (Å²) in [4.78, 5) is 12.9. The van der Waals surface area contributed by atoms with Gasteiger partial charge in [0.2, 0.25) is 0 Å². The van der Waals surface area contributed by atoms with E-state index in [1.807, 2.05) is 11.8 Å². The molecule has 0 aromatic heterocycles. The molecule has 3 nitrogen and oxygen atoms in total. The van der Waals surface area contributed by atoms with Crippen LogP contribution >= 0.6 is 0 Å². The Kier molecular flexibility index (Phi) is 2.34. The molecule has 15 heavy (non-hydrogen) atoms. The Bertz CT molecular complexity index is 406. The molecular weight excluding hydrogens is 197 g/mol. The minimum absolute atomic E-state index is 0.326. The van der Waals surface area contributed by atoms with Crippen molar-refractivity contribution in [3.8, 4) is 0 Å². The van der Waals surface area contributed by atoms with Crippen LogP contribution in [-0.4, -0.2) is 24.2 Å². The number of benzene rings is 1. The van der Waals surface area contributed by atoms with Crippen LogP contribution < -0.4 is 4.90 Å². The number of fused-ring (bicyclic) bond motifs is 1. The highest BCUT2D eigenvalue weighted by Gasteiger charge is 2.35. The molecule has 1 atom stereocenters. The van der Waals surface area contributed by atoms with E-state index in [1.54, 1.807) is 12.1 Å². The second kappa shape index (κ2) is 3.53. The summed E-state index contributed by atoms with van der Waals surface area (Å²) in [6.07, 6.45) is 0. The molecule has 0 aliphatic carbocycles. The van der Waals surface area contributed by atoms with Crippen molar-refractivity contribution in [1.29, 1.82) is 0 Å². The molecule has 1 aliphatic rings. The van der Waals surface area contributed by atoms with E-state index in [2.05, 4.69) is 0 Å². The summed E-state index contributed by atoms with van der Waals surface area (Å²) >= 11 is 0. The van der Waals surface area contributed by atoms with Crippen LogP contribution in [0.5, 0.6) is 0 Å². The highest BCUT2D eigenvalue weighted by atomic mass is 19.1. The predicted molar refractivity (Wildman–Crippen MR) is 54.7 cm³/mol. The maximum absolute atomic E-state index is 13.5. The minimum atomic E-state index is -0.961. The Labute approximate surface area is 87.1 Å². The van der Waals surface area contributed by atoms with E-state index in [4.69, 9.17) is 5.11 Å². The fourth-order valence-electron chi connectivity index (χ4n) is 2.06. The number of rotatable bonds is 2. The minimum Gasteiger partial charge on any atom is -0.481 e. The van der Waals surface area contributed by atoms with Crippen LogP contribution in [0.25, 0.3) is 0 Å². The van der Waals surface area contributed by atoms with E-state index in [0.29, 0.717) is 24.3 Å². The Balaban J connectivity index is 2.52. The van der Waals surface area contributed by atoms with Gasteiger partial charge in [-0.25, -0.2) is 4.39 Å². The van der Waals surface area contributed by atoms with Crippen molar-refractivity contribution in [1.82, 2.24) is 0 Å². The monoisotopic (exact) mass is 209 g/mol. The smallest absolute Gasteiger partial charge is 0.312 e. The van der Waals surface area contributed by atoms with Crippen molar-refractivity contribution in [3.63, 3.8) is 0 Å². The first-order valence-electron chi connectivity index (χ1n) is 4.91. The van der Waals surface area contributed by atoms with Gasteiger partial charge in [0.15, 0.2) is 0 Å². The molecule has 0 saturated carbocycles. The molecule has 0 radical (unpaired) electrons. The molecule has 1 heterocycles. The molecule has 0 fully saturated rings. The number of carboxylic acids is 1. The molecule has 1 N–H and O–H groups in total. The van der Waals surface area contributed by atoms with Crippen LogP contribution in [0.2, 0.25) is 0 Å². The fraction of sp³-hybridized carbons (Fsp3) is 0.364. The average molecular weight is 209 g/mol. The van der Waals surface area contributed by atoms with E-state index < -0.39 is 17.7 Å². The maximum Gasteiger partial charge on any atom is 0.312 e. The second-order valence-electron chi connectivity index (χ2n) is 3.60. The molecule has 1 aromatic carbocycles. The van der Waals surface area contributed by atoms with E-state index in [-0.39, 0.29) is 0 Å². The number of likely N-dealkylation sites (N-methyl/N-ethyl adjacent to an activating group) is 1. The quantitative estimate of drug-likeness (QED) is 0.807. The van der Waals surface area contributed by atoms with Crippen molar-refractivity contribution in [3.05, 3.63) is 29.6 Å². The van der Waals surface area contributed by atoms with Crippen molar-refractivity contribution in [2.45, 2.75) is 12.8 Å². The van der Waals surface area contributed by atoms with Gasteiger partial charge in [0.25, 0.3) is 0 Å². The van der Waals surface area contributed by atoms with Gasteiger partial charge >= 0.3 is 5.97 Å². The lowest BCUT2D eigenvalue weighted by atomic mass is 10.0. The van der Waals surface area contributed by atoms with Gasteiger partial charge in [0.05, 0.1) is 0 Å². The molecule has 4 heteroatoms. The summed E-state index contributed by atoms with van der Waals surface area (Å²) in [7, 11) is 0. The average Bonchev–Trinajstić information content (AvgIpc) is 2.58. The first kappa shape index (κ1) is 9.96. The van der Waals surface area contributed by atoms with E-state index in [1.165, 1.54) is 6.07 Å². The third-order valence-electron chi connectivity index (χ3n) is 2.80. The van der Waals surface area contributed by atoms with Gasteiger partial charge in [-0.2, -0.15) is 0 Å². The van der Waals surface area contributed by atoms with Crippen molar-refractivity contribution >= 4 is 11.7 Å². The number of aliphatic carboxylic acids is 1. The van der Waals surface area contributed by atoms with Crippen LogP contribution in [0, 0.1) is 5.82 Å². The van der Waals surface area contributed by atoms with Crippen LogP contribution in [-0.2, 0) is 4.79 Å². The molecular formula is C11H12FNO2. The standard InChI is InChI=1S/C11H12FNO2/c1-2-13-6-7(11(14)15)10-8(12)4-3-5-9(10)13/h3-5,7H,2,6H2,1H3,(H,14,15). The largest absolute Gasteiger partial charge is 0.481 e. The summed E-state index contributed by atoms with van der Waals surface area (Å²) in [5.41, 5.74) is 1.04. The molecule has 0 amide bonds. The summed E-state index contributed by atoms with van der Waals surface area (Å²) in [5, 5.41) is 9.00. The van der Waals surface area contributed by atoms with Crippen LogP contribution in [0.3, 0.4) is 0 Å². The molecule has 0 spiro atoms. The lowest BCUT2D eigenvalue weighted by Crippen LogP contribution is -2.23. The molecule has 2 rings (SSSR count). The Morgan fingerprint density at radius 1 is 1.67 bits per heavy atom. The van der Waals surface area contributed by atoms with Crippen molar-refractivity contribution < 1.29 is 14.3 Å². The molecule has 1 unspecified atom stereocenters. The number of anilines is 1. The Hall–Kier alpha value is -1.58. The second-order valence-corrected chi connectivity index (χ2v) is 3.60. The van der Waals surface area contributed by atoms with Crippen LogP contribution in [0.4, 0.5) is 10.1 Å². The van der Waals surface area contributed by atoms with Gasteiger partial charge in [-0.05, 0) is 19.1 Å². The number of halogens is 1. The van der Waals surface area contributed by atoms with Gasteiger partial charge in [-0.3, -0.25) is 4.79 Å². The molecule has 0 bridgehead atoms. The number of hydrogen-bond donors (Lipinski definition) is 1. The number of hydrogen-bond acceptors (Lipinski definition) is 2. The lowest BCUT2D eigenvalue weighted by Gasteiger charge is -2.16. The van der Waals surface area contributed by atoms with Gasteiger partial charge < -0.3 is 10.0 Å². The summed E-state index contributed by atoms with van der Waals surface area (Å²) in [5.74, 6) is -2.12.